The van der Waals surface area contributed by atoms with Crippen LogP contribution in [-0.4, -0.2) is 16.2 Å². The molecule has 8 heteroatoms. The number of thiophene rings is 1. The summed E-state index contributed by atoms with van der Waals surface area (Å²) >= 11 is 1.41. The van der Waals surface area contributed by atoms with Crippen LogP contribution in [0.5, 0.6) is 0 Å². The Bertz CT molecular complexity index is 1120. The molecule has 0 aliphatic heterocycles. The highest BCUT2D eigenvalue weighted by Crippen LogP contribution is 2.36. The van der Waals surface area contributed by atoms with E-state index >= 15 is 0 Å². The molecule has 2 aromatic heterocycles. The van der Waals surface area contributed by atoms with E-state index in [1.807, 2.05) is 5.38 Å². The number of hydrogen-bond acceptors (Lipinski definition) is 5. The van der Waals surface area contributed by atoms with Gasteiger partial charge in [-0.3, -0.25) is 5.43 Å². The van der Waals surface area contributed by atoms with Gasteiger partial charge in [-0.2, -0.15) is 5.10 Å². The number of hydrazone groups is 1. The van der Waals surface area contributed by atoms with Crippen LogP contribution in [0.25, 0.3) is 21.3 Å². The smallest absolute Gasteiger partial charge is 0.159 e. The molecule has 0 fully saturated rings. The van der Waals surface area contributed by atoms with Gasteiger partial charge in [-0.1, -0.05) is 18.2 Å². The molecule has 4 aromatic rings. The number of hydrogen-bond donors (Lipinski definition) is 1. The summed E-state index contributed by atoms with van der Waals surface area (Å²) in [6.45, 7) is 0. The van der Waals surface area contributed by atoms with Gasteiger partial charge in [0, 0.05) is 10.9 Å². The van der Waals surface area contributed by atoms with Gasteiger partial charge < -0.3 is 0 Å². The molecular weight excluding hydrogens is 373 g/mol. The summed E-state index contributed by atoms with van der Waals surface area (Å²) in [5, 5.41) is 6.49. The summed E-state index contributed by atoms with van der Waals surface area (Å²) in [7, 11) is 0. The minimum Gasteiger partial charge on any atom is -0.261 e. The summed E-state index contributed by atoms with van der Waals surface area (Å²) in [4.78, 5) is 9.10. The van der Waals surface area contributed by atoms with Gasteiger partial charge in [0.15, 0.2) is 5.82 Å². The highest BCUT2D eigenvalue weighted by Gasteiger charge is 2.13. The molecule has 0 amide bonds. The van der Waals surface area contributed by atoms with Crippen molar-refractivity contribution in [2.75, 3.05) is 5.43 Å². The van der Waals surface area contributed by atoms with E-state index in [0.29, 0.717) is 16.0 Å². The molecule has 0 atom stereocenters. The van der Waals surface area contributed by atoms with E-state index in [-0.39, 0.29) is 11.4 Å². The third-order valence-electron chi connectivity index (χ3n) is 3.89. The van der Waals surface area contributed by atoms with E-state index < -0.39 is 11.6 Å². The Morgan fingerprint density at radius 3 is 2.44 bits per heavy atom. The van der Waals surface area contributed by atoms with Gasteiger partial charge in [0.05, 0.1) is 17.2 Å². The second-order valence-corrected chi connectivity index (χ2v) is 6.42. The Balaban J connectivity index is 1.71. The molecule has 134 valence electrons. The Morgan fingerprint density at radius 2 is 1.70 bits per heavy atom. The molecule has 4 rings (SSSR count). The number of fused-ring (bicyclic) bond motifs is 1. The van der Waals surface area contributed by atoms with Crippen molar-refractivity contribution in [1.29, 1.82) is 0 Å². The zero-order valence-corrected chi connectivity index (χ0v) is 14.5. The first kappa shape index (κ1) is 17.2. The van der Waals surface area contributed by atoms with Crippen LogP contribution in [0.15, 0.2) is 59.3 Å². The lowest BCUT2D eigenvalue weighted by molar-refractivity contribution is 0.580. The molecule has 0 saturated carbocycles. The predicted octanol–water partition coefficient (Wildman–Crippen LogP) is 5.22. The number of nitrogens with one attached hydrogen (secondary N) is 1. The van der Waals surface area contributed by atoms with Crippen molar-refractivity contribution in [2.45, 2.75) is 0 Å². The summed E-state index contributed by atoms with van der Waals surface area (Å²) in [5.74, 6) is -1.37. The first-order valence-electron chi connectivity index (χ1n) is 7.84. The molecule has 0 aliphatic carbocycles. The van der Waals surface area contributed by atoms with Crippen molar-refractivity contribution >= 4 is 33.6 Å². The molecule has 27 heavy (non-hydrogen) atoms. The number of benzene rings is 2. The van der Waals surface area contributed by atoms with Crippen molar-refractivity contribution in [3.63, 3.8) is 0 Å². The SMILES string of the molecule is Fc1ccc(-c2csc3ncnc(N/N=C\c4c(F)cccc4F)c23)cc1. The van der Waals surface area contributed by atoms with Gasteiger partial charge in [0.2, 0.25) is 0 Å². The number of aromatic nitrogens is 2. The van der Waals surface area contributed by atoms with Crippen LogP contribution in [0.1, 0.15) is 5.56 Å². The topological polar surface area (TPSA) is 50.2 Å². The van der Waals surface area contributed by atoms with E-state index in [9.17, 15) is 13.2 Å². The fourth-order valence-electron chi connectivity index (χ4n) is 2.59. The number of halogens is 3. The van der Waals surface area contributed by atoms with Crippen LogP contribution in [0, 0.1) is 17.5 Å². The maximum absolute atomic E-state index is 13.7. The van der Waals surface area contributed by atoms with Crippen LogP contribution < -0.4 is 5.43 Å². The summed E-state index contributed by atoms with van der Waals surface area (Å²) in [5.41, 5.74) is 4.07. The Labute approximate surface area is 156 Å². The highest BCUT2D eigenvalue weighted by atomic mass is 32.1. The van der Waals surface area contributed by atoms with Crippen LogP contribution in [0.2, 0.25) is 0 Å². The van der Waals surface area contributed by atoms with Crippen LogP contribution >= 0.6 is 11.3 Å². The van der Waals surface area contributed by atoms with Gasteiger partial charge in [-0.05, 0) is 29.8 Å². The number of anilines is 1. The second-order valence-electron chi connectivity index (χ2n) is 5.56. The zero-order valence-electron chi connectivity index (χ0n) is 13.7. The number of rotatable bonds is 4. The lowest BCUT2D eigenvalue weighted by Crippen LogP contribution is -1.98. The summed E-state index contributed by atoms with van der Waals surface area (Å²) < 4.78 is 40.6. The van der Waals surface area contributed by atoms with E-state index in [0.717, 1.165) is 29.5 Å². The minimum absolute atomic E-state index is 0.251. The Kier molecular flexibility index (Phi) is 4.55. The third kappa shape index (κ3) is 3.39. The van der Waals surface area contributed by atoms with Crippen molar-refractivity contribution < 1.29 is 13.2 Å². The van der Waals surface area contributed by atoms with E-state index in [1.54, 1.807) is 12.1 Å². The first-order valence-corrected chi connectivity index (χ1v) is 8.72. The van der Waals surface area contributed by atoms with E-state index in [2.05, 4.69) is 20.5 Å². The number of nitrogens with zero attached hydrogens (tertiary/aromatic N) is 3. The predicted molar refractivity (Wildman–Crippen MR) is 100 cm³/mol. The minimum atomic E-state index is -0.712. The van der Waals surface area contributed by atoms with Crippen molar-refractivity contribution in [2.24, 2.45) is 5.10 Å². The van der Waals surface area contributed by atoms with Crippen molar-refractivity contribution in [3.05, 3.63) is 77.2 Å². The molecule has 2 heterocycles. The fourth-order valence-corrected chi connectivity index (χ4v) is 3.51. The second kappa shape index (κ2) is 7.16. The monoisotopic (exact) mass is 384 g/mol. The summed E-state index contributed by atoms with van der Waals surface area (Å²) in [6, 6.07) is 9.64. The molecular formula is C19H11F3N4S. The molecule has 0 aliphatic rings. The molecule has 4 nitrogen and oxygen atoms in total. The van der Waals surface area contributed by atoms with Gasteiger partial charge in [-0.25, -0.2) is 23.1 Å². The maximum atomic E-state index is 13.7. The summed E-state index contributed by atoms with van der Waals surface area (Å²) in [6.07, 6.45) is 2.43. The maximum Gasteiger partial charge on any atom is 0.159 e. The largest absolute Gasteiger partial charge is 0.261 e. The third-order valence-corrected chi connectivity index (χ3v) is 4.78. The zero-order chi connectivity index (χ0) is 18.8. The van der Waals surface area contributed by atoms with E-state index in [1.165, 1.54) is 35.9 Å². The molecule has 0 unspecified atom stereocenters. The van der Waals surface area contributed by atoms with Crippen molar-refractivity contribution in [1.82, 2.24) is 9.97 Å². The van der Waals surface area contributed by atoms with Crippen molar-refractivity contribution in [3.8, 4) is 11.1 Å². The Hall–Kier alpha value is -3.26. The molecule has 2 aromatic carbocycles. The van der Waals surface area contributed by atoms with Crippen LogP contribution in [-0.2, 0) is 0 Å². The fraction of sp³-hybridized carbons (Fsp3) is 0. The lowest BCUT2D eigenvalue weighted by Gasteiger charge is -2.05. The molecule has 0 bridgehead atoms. The quantitative estimate of drug-likeness (QED) is 0.388. The normalized spacial score (nSPS) is 11.4. The highest BCUT2D eigenvalue weighted by molar-refractivity contribution is 7.17. The Morgan fingerprint density at radius 1 is 0.963 bits per heavy atom. The van der Waals surface area contributed by atoms with E-state index in [4.69, 9.17) is 0 Å². The molecule has 1 N–H and O–H groups in total. The first-order chi connectivity index (χ1) is 13.1. The standard InChI is InChI=1S/C19H11F3N4S/c20-12-6-4-11(5-7-12)14-9-27-19-17(14)18(23-10-24-19)26-25-8-13-15(21)2-1-3-16(13)22/h1-10H,(H,23,24,26)/b25-8-. The molecule has 0 saturated heterocycles. The average molecular weight is 384 g/mol. The molecule has 0 radical (unpaired) electrons. The van der Waals surface area contributed by atoms with Gasteiger partial charge in [-0.15, -0.1) is 11.3 Å². The molecule has 0 spiro atoms. The van der Waals surface area contributed by atoms with Gasteiger partial charge in [0.25, 0.3) is 0 Å². The van der Waals surface area contributed by atoms with Crippen LogP contribution in [0.3, 0.4) is 0 Å². The van der Waals surface area contributed by atoms with Gasteiger partial charge in [0.1, 0.15) is 28.6 Å². The average Bonchev–Trinajstić information content (AvgIpc) is 3.10. The van der Waals surface area contributed by atoms with Gasteiger partial charge >= 0.3 is 0 Å². The lowest BCUT2D eigenvalue weighted by atomic mass is 10.1. The van der Waals surface area contributed by atoms with Crippen LogP contribution in [0.4, 0.5) is 19.0 Å².